The number of thiocarbonyl (C=S) groups is 1. The third-order valence-corrected chi connectivity index (χ3v) is 3.65. The lowest BCUT2D eigenvalue weighted by atomic mass is 10.1. The maximum absolute atomic E-state index is 5.43. The Morgan fingerprint density at radius 3 is 2.74 bits per heavy atom. The Kier molecular flexibility index (Phi) is 3.17. The second kappa shape index (κ2) is 4.97. The fraction of sp³-hybridized carbons (Fsp3) is 0.200. The van der Waals surface area contributed by atoms with Gasteiger partial charge in [0.1, 0.15) is 12.0 Å². The van der Waals surface area contributed by atoms with Gasteiger partial charge in [0.25, 0.3) is 0 Å². The molecule has 0 saturated carbocycles. The van der Waals surface area contributed by atoms with Crippen LogP contribution < -0.4 is 0 Å². The Morgan fingerprint density at radius 1 is 1.21 bits per heavy atom. The van der Waals surface area contributed by atoms with Crippen LogP contribution in [0.3, 0.4) is 0 Å². The normalized spacial score (nSPS) is 21.4. The summed E-state index contributed by atoms with van der Waals surface area (Å²) in [5.74, 6) is 0.908. The molecule has 2 aliphatic heterocycles. The molecule has 4 heteroatoms. The third-order valence-electron chi connectivity index (χ3n) is 3.32. The van der Waals surface area contributed by atoms with Crippen molar-refractivity contribution in [3.63, 3.8) is 0 Å². The minimum Gasteiger partial charge on any atom is -0.323 e. The van der Waals surface area contributed by atoms with Gasteiger partial charge in [-0.15, -0.1) is 0 Å². The van der Waals surface area contributed by atoms with Crippen LogP contribution in [0.25, 0.3) is 0 Å². The number of amidine groups is 1. The first kappa shape index (κ1) is 12.1. The summed E-state index contributed by atoms with van der Waals surface area (Å²) < 4.78 is 0. The van der Waals surface area contributed by atoms with Gasteiger partial charge < -0.3 is 9.80 Å². The van der Waals surface area contributed by atoms with Crippen LogP contribution in [0.2, 0.25) is 0 Å². The van der Waals surface area contributed by atoms with Gasteiger partial charge in [0.2, 0.25) is 0 Å². The Labute approximate surface area is 118 Å². The van der Waals surface area contributed by atoms with E-state index in [1.807, 2.05) is 24.3 Å². The number of hydrogen-bond acceptors (Lipinski definition) is 2. The highest BCUT2D eigenvalue weighted by Gasteiger charge is 2.32. The van der Waals surface area contributed by atoms with E-state index in [1.165, 1.54) is 5.56 Å². The van der Waals surface area contributed by atoms with Gasteiger partial charge in [-0.1, -0.05) is 36.4 Å². The van der Waals surface area contributed by atoms with Crippen LogP contribution in [0, 0.1) is 0 Å². The molecule has 19 heavy (non-hydrogen) atoms. The minimum absolute atomic E-state index is 0.0902. The van der Waals surface area contributed by atoms with Crippen molar-refractivity contribution in [1.82, 2.24) is 9.80 Å². The van der Waals surface area contributed by atoms with Crippen molar-refractivity contribution in [2.45, 2.75) is 13.1 Å². The predicted molar refractivity (Wildman–Crippen MR) is 81.7 cm³/mol. The quantitative estimate of drug-likeness (QED) is 0.769. The fourth-order valence-electron chi connectivity index (χ4n) is 2.44. The number of rotatable bonds is 2. The maximum Gasteiger partial charge on any atom is 0.199 e. The molecule has 2 heterocycles. The molecule has 0 fully saturated rings. The topological polar surface area (TPSA) is 18.8 Å². The van der Waals surface area contributed by atoms with Crippen molar-refractivity contribution in [1.29, 1.82) is 0 Å². The molecule has 2 aliphatic rings. The molecule has 3 nitrogen and oxygen atoms in total. The molecule has 0 radical (unpaired) electrons. The first-order valence-electron chi connectivity index (χ1n) is 6.38. The highest BCUT2D eigenvalue weighted by molar-refractivity contribution is 7.80. The highest BCUT2D eigenvalue weighted by atomic mass is 32.1. The van der Waals surface area contributed by atoms with E-state index >= 15 is 0 Å². The van der Waals surface area contributed by atoms with E-state index in [-0.39, 0.29) is 6.17 Å². The first-order chi connectivity index (χ1) is 9.31. The molecule has 0 amide bonds. The largest absolute Gasteiger partial charge is 0.323 e. The molecule has 0 saturated heterocycles. The van der Waals surface area contributed by atoms with Gasteiger partial charge in [-0.25, -0.2) is 4.99 Å². The Morgan fingerprint density at radius 2 is 2.00 bits per heavy atom. The summed E-state index contributed by atoms with van der Waals surface area (Å²) in [5.41, 5.74) is 1.22. The zero-order valence-corrected chi connectivity index (χ0v) is 11.5. The lowest BCUT2D eigenvalue weighted by Crippen LogP contribution is -2.48. The number of benzene rings is 1. The molecule has 1 atom stereocenters. The number of hydrogen-bond donors (Lipinski definition) is 0. The molecule has 3 rings (SSSR count). The van der Waals surface area contributed by atoms with Crippen molar-refractivity contribution in [3.05, 3.63) is 60.3 Å². The number of allylic oxidation sites excluding steroid dienone is 2. The molecular formula is C15H15N3S. The molecule has 1 unspecified atom stereocenters. The van der Waals surface area contributed by atoms with Crippen molar-refractivity contribution >= 4 is 23.2 Å². The zero-order chi connectivity index (χ0) is 13.2. The number of fused-ring (bicyclic) bond motifs is 1. The fourth-order valence-corrected chi connectivity index (χ4v) is 2.76. The van der Waals surface area contributed by atoms with Crippen LogP contribution in [0.4, 0.5) is 0 Å². The van der Waals surface area contributed by atoms with E-state index in [0.29, 0.717) is 5.11 Å². The molecule has 0 spiro atoms. The standard InChI is InChI=1S/C15H15N3S/c1-2-17-14(12-8-4-3-5-9-12)18-11-7-6-10-13(18)16-15(17)19/h3-11,14H,2H2,1H3. The summed E-state index contributed by atoms with van der Waals surface area (Å²) in [6.45, 7) is 2.94. The zero-order valence-electron chi connectivity index (χ0n) is 10.7. The van der Waals surface area contributed by atoms with Gasteiger partial charge in [-0.05, 0) is 36.9 Å². The average Bonchev–Trinajstić information content (AvgIpc) is 2.46. The van der Waals surface area contributed by atoms with Crippen molar-refractivity contribution < 1.29 is 0 Å². The summed E-state index contributed by atoms with van der Waals surface area (Å²) in [5, 5.41) is 0.655. The Hall–Kier alpha value is -1.94. The van der Waals surface area contributed by atoms with Crippen molar-refractivity contribution in [2.75, 3.05) is 6.54 Å². The van der Waals surface area contributed by atoms with Gasteiger partial charge >= 0.3 is 0 Å². The van der Waals surface area contributed by atoms with E-state index in [2.05, 4.69) is 52.2 Å². The summed E-state index contributed by atoms with van der Waals surface area (Å²) in [4.78, 5) is 8.79. The lowest BCUT2D eigenvalue weighted by Gasteiger charge is -2.43. The third kappa shape index (κ3) is 2.08. The van der Waals surface area contributed by atoms with Crippen molar-refractivity contribution in [2.24, 2.45) is 4.99 Å². The van der Waals surface area contributed by atoms with Crippen LogP contribution in [0.1, 0.15) is 18.7 Å². The SMILES string of the molecule is CCN1C(=S)N=C2C=CC=CN2C1c1ccccc1. The van der Waals surface area contributed by atoms with Gasteiger partial charge in [0.05, 0.1) is 0 Å². The molecule has 0 bridgehead atoms. The van der Waals surface area contributed by atoms with E-state index in [4.69, 9.17) is 12.2 Å². The summed E-state index contributed by atoms with van der Waals surface area (Å²) in [6.07, 6.45) is 8.15. The van der Waals surface area contributed by atoms with Gasteiger partial charge in [0, 0.05) is 12.7 Å². The summed E-state index contributed by atoms with van der Waals surface area (Å²) >= 11 is 5.43. The van der Waals surface area contributed by atoms with E-state index in [1.54, 1.807) is 0 Å². The van der Waals surface area contributed by atoms with Gasteiger partial charge in [0.15, 0.2) is 5.11 Å². The second-order valence-electron chi connectivity index (χ2n) is 4.43. The Bertz CT molecular complexity index is 574. The van der Waals surface area contributed by atoms with Crippen molar-refractivity contribution in [3.8, 4) is 0 Å². The highest BCUT2D eigenvalue weighted by Crippen LogP contribution is 2.31. The Balaban J connectivity index is 2.09. The van der Waals surface area contributed by atoms with Gasteiger partial charge in [-0.2, -0.15) is 0 Å². The molecule has 0 aromatic heterocycles. The smallest absolute Gasteiger partial charge is 0.199 e. The maximum atomic E-state index is 5.43. The molecular weight excluding hydrogens is 254 g/mol. The number of aliphatic imine (C=N–C) groups is 1. The first-order valence-corrected chi connectivity index (χ1v) is 6.79. The van der Waals surface area contributed by atoms with Gasteiger partial charge in [-0.3, -0.25) is 0 Å². The van der Waals surface area contributed by atoms with Crippen LogP contribution >= 0.6 is 12.2 Å². The monoisotopic (exact) mass is 269 g/mol. The lowest BCUT2D eigenvalue weighted by molar-refractivity contribution is 0.201. The minimum atomic E-state index is 0.0902. The molecule has 1 aromatic carbocycles. The summed E-state index contributed by atoms with van der Waals surface area (Å²) in [7, 11) is 0. The van der Waals surface area contributed by atoms with E-state index in [9.17, 15) is 0 Å². The predicted octanol–water partition coefficient (Wildman–Crippen LogP) is 3.09. The van der Waals surface area contributed by atoms with E-state index in [0.717, 1.165) is 12.4 Å². The molecule has 96 valence electrons. The van der Waals surface area contributed by atoms with Crippen LogP contribution in [0.5, 0.6) is 0 Å². The molecule has 0 N–H and O–H groups in total. The van der Waals surface area contributed by atoms with Crippen LogP contribution in [0.15, 0.2) is 59.8 Å². The summed E-state index contributed by atoms with van der Waals surface area (Å²) in [6, 6.07) is 10.4. The van der Waals surface area contributed by atoms with E-state index < -0.39 is 0 Å². The molecule has 0 aliphatic carbocycles. The molecule has 1 aromatic rings. The van der Waals surface area contributed by atoms with Crippen LogP contribution in [-0.4, -0.2) is 27.3 Å². The van der Waals surface area contributed by atoms with Crippen LogP contribution in [-0.2, 0) is 0 Å². The average molecular weight is 269 g/mol. The second-order valence-corrected chi connectivity index (χ2v) is 4.80. The number of nitrogens with zero attached hydrogens (tertiary/aromatic N) is 3.